The number of imidazole rings is 1. The molecule has 6 nitrogen and oxygen atoms in total. The lowest BCUT2D eigenvalue weighted by Gasteiger charge is -2.08. The van der Waals surface area contributed by atoms with Crippen LogP contribution in [-0.2, 0) is 20.8 Å². The summed E-state index contributed by atoms with van der Waals surface area (Å²) in [5, 5.41) is -0.713. The van der Waals surface area contributed by atoms with Crippen LogP contribution in [-0.4, -0.2) is 36.1 Å². The topological polar surface area (TPSA) is 77.7 Å². The molecule has 0 unspecified atom stereocenters. The van der Waals surface area contributed by atoms with Crippen LogP contribution in [0, 0.1) is 0 Å². The largest absolute Gasteiger partial charge is 0.461 e. The Labute approximate surface area is 129 Å². The van der Waals surface area contributed by atoms with E-state index < -0.39 is 49.7 Å². The normalized spacial score (nSPS) is 12.6. The van der Waals surface area contributed by atoms with Gasteiger partial charge in [0, 0.05) is 6.20 Å². The Morgan fingerprint density at radius 3 is 2.52 bits per heavy atom. The van der Waals surface area contributed by atoms with Crippen molar-refractivity contribution in [1.82, 2.24) is 9.38 Å². The number of ether oxygens (including phenoxy) is 1. The molecule has 0 aliphatic carbocycles. The fraction of sp³-hybridized carbons (Fsp3) is 0.385. The fourth-order valence-electron chi connectivity index (χ4n) is 2.01. The summed E-state index contributed by atoms with van der Waals surface area (Å²) in [6.07, 6.45) is -3.61. The number of aromatic nitrogens is 2. The molecule has 0 radical (unpaired) electrons. The van der Waals surface area contributed by atoms with E-state index in [1.165, 1.54) is 13.8 Å². The second-order valence-corrected chi connectivity index (χ2v) is 6.70. The first-order valence-electron chi connectivity index (χ1n) is 6.61. The van der Waals surface area contributed by atoms with Gasteiger partial charge >= 0.3 is 12.1 Å². The van der Waals surface area contributed by atoms with E-state index in [-0.39, 0.29) is 6.61 Å². The van der Waals surface area contributed by atoms with Crippen molar-refractivity contribution in [3.8, 4) is 0 Å². The lowest BCUT2D eigenvalue weighted by molar-refractivity contribution is -0.136. The molecule has 2 aromatic rings. The van der Waals surface area contributed by atoms with Crippen molar-refractivity contribution >= 4 is 21.5 Å². The number of alkyl halides is 3. The van der Waals surface area contributed by atoms with Gasteiger partial charge in [0.05, 0.1) is 17.9 Å². The average Bonchev–Trinajstić information content (AvgIpc) is 2.86. The van der Waals surface area contributed by atoms with Crippen LogP contribution in [0.25, 0.3) is 5.65 Å². The zero-order chi connectivity index (χ0) is 17.4. The quantitative estimate of drug-likeness (QED) is 0.791. The smallest absolute Gasteiger partial charge is 0.419 e. The van der Waals surface area contributed by atoms with Gasteiger partial charge in [-0.2, -0.15) is 13.2 Å². The summed E-state index contributed by atoms with van der Waals surface area (Å²) < 4.78 is 68.9. The fourth-order valence-corrected chi connectivity index (χ4v) is 2.98. The van der Waals surface area contributed by atoms with Gasteiger partial charge in [-0.05, 0) is 19.1 Å². The number of carbonyl (C=O) groups is 1. The second kappa shape index (κ2) is 5.84. The summed E-state index contributed by atoms with van der Waals surface area (Å²) in [6.45, 7) is 2.74. The first kappa shape index (κ1) is 17.3. The van der Waals surface area contributed by atoms with Gasteiger partial charge in [0.1, 0.15) is 0 Å². The van der Waals surface area contributed by atoms with Crippen molar-refractivity contribution in [3.05, 3.63) is 29.6 Å². The highest BCUT2D eigenvalue weighted by Gasteiger charge is 2.37. The van der Waals surface area contributed by atoms with Crippen LogP contribution < -0.4 is 0 Å². The summed E-state index contributed by atoms with van der Waals surface area (Å²) >= 11 is 0. The van der Waals surface area contributed by atoms with Crippen molar-refractivity contribution in [2.75, 3.05) is 12.4 Å². The molecule has 0 aliphatic heterocycles. The third kappa shape index (κ3) is 3.03. The van der Waals surface area contributed by atoms with Crippen LogP contribution in [0.4, 0.5) is 13.2 Å². The molecule has 0 spiro atoms. The average molecular weight is 350 g/mol. The van der Waals surface area contributed by atoms with Gasteiger partial charge in [0.25, 0.3) is 0 Å². The molecule has 2 rings (SSSR count). The Bertz CT molecular complexity index is 856. The van der Waals surface area contributed by atoms with Gasteiger partial charge in [0.2, 0.25) is 0 Å². The summed E-state index contributed by atoms with van der Waals surface area (Å²) in [5.74, 6) is -1.46. The Morgan fingerprint density at radius 1 is 1.35 bits per heavy atom. The maximum Gasteiger partial charge on any atom is 0.419 e. The monoisotopic (exact) mass is 350 g/mol. The number of hydrogen-bond donors (Lipinski definition) is 0. The Kier molecular flexibility index (Phi) is 4.38. The zero-order valence-corrected chi connectivity index (χ0v) is 13.0. The molecule has 0 saturated heterocycles. The lowest BCUT2D eigenvalue weighted by atomic mass is 10.2. The number of esters is 1. The number of halogens is 3. The highest BCUT2D eigenvalue weighted by Crippen LogP contribution is 2.33. The van der Waals surface area contributed by atoms with Crippen LogP contribution in [0.5, 0.6) is 0 Å². The SMILES string of the molecule is CCOC(=O)c1c(S(=O)(=O)CC)nc2c(C(F)(F)F)cccn12. The van der Waals surface area contributed by atoms with Gasteiger partial charge in [-0.25, -0.2) is 18.2 Å². The minimum absolute atomic E-state index is 0.0589. The highest BCUT2D eigenvalue weighted by molar-refractivity contribution is 7.91. The molecule has 10 heteroatoms. The number of sulfone groups is 1. The molecule has 23 heavy (non-hydrogen) atoms. The van der Waals surface area contributed by atoms with Gasteiger partial charge in [0.15, 0.2) is 26.2 Å². The van der Waals surface area contributed by atoms with Gasteiger partial charge in [-0.1, -0.05) is 6.92 Å². The first-order chi connectivity index (χ1) is 10.6. The second-order valence-electron chi connectivity index (χ2n) is 4.50. The number of pyridine rings is 1. The van der Waals surface area contributed by atoms with E-state index in [1.807, 2.05) is 0 Å². The third-order valence-electron chi connectivity index (χ3n) is 3.07. The van der Waals surface area contributed by atoms with Crippen molar-refractivity contribution < 1.29 is 31.1 Å². The third-order valence-corrected chi connectivity index (χ3v) is 4.70. The van der Waals surface area contributed by atoms with E-state index in [2.05, 4.69) is 4.98 Å². The van der Waals surface area contributed by atoms with Crippen LogP contribution in [0.2, 0.25) is 0 Å². The van der Waals surface area contributed by atoms with Crippen molar-refractivity contribution in [2.24, 2.45) is 0 Å². The van der Waals surface area contributed by atoms with Gasteiger partial charge in [-0.3, -0.25) is 4.40 Å². The van der Waals surface area contributed by atoms with E-state index in [4.69, 9.17) is 4.74 Å². The van der Waals surface area contributed by atoms with Crippen LogP contribution in [0.15, 0.2) is 23.4 Å². The van der Waals surface area contributed by atoms with E-state index in [0.29, 0.717) is 0 Å². The van der Waals surface area contributed by atoms with E-state index in [1.54, 1.807) is 0 Å². The number of nitrogens with zero attached hydrogens (tertiary/aromatic N) is 2. The molecule has 0 aliphatic rings. The molecular formula is C13H13F3N2O4S. The molecule has 0 N–H and O–H groups in total. The molecule has 0 aromatic carbocycles. The predicted octanol–water partition coefficient (Wildman–Crippen LogP) is 2.32. The Morgan fingerprint density at radius 2 is 2.00 bits per heavy atom. The number of fused-ring (bicyclic) bond motifs is 1. The van der Waals surface area contributed by atoms with Crippen molar-refractivity contribution in [3.63, 3.8) is 0 Å². The molecule has 126 valence electrons. The number of carbonyl (C=O) groups excluding carboxylic acids is 1. The lowest BCUT2D eigenvalue weighted by Crippen LogP contribution is -2.15. The van der Waals surface area contributed by atoms with E-state index >= 15 is 0 Å². The molecular weight excluding hydrogens is 337 g/mol. The maximum atomic E-state index is 13.1. The molecule has 2 heterocycles. The Hall–Kier alpha value is -2.10. The van der Waals surface area contributed by atoms with Crippen LogP contribution >= 0.6 is 0 Å². The van der Waals surface area contributed by atoms with E-state index in [9.17, 15) is 26.4 Å². The number of rotatable bonds is 4. The molecule has 2 aromatic heterocycles. The standard InChI is InChI=1S/C13H13F3N2O4S/c1-3-22-12(19)9-11(23(20,21)4-2)17-10-8(13(14,15)16)6-5-7-18(9)10/h5-7H,3-4H2,1-2H3. The first-order valence-corrected chi connectivity index (χ1v) is 8.26. The predicted molar refractivity (Wildman–Crippen MR) is 73.9 cm³/mol. The minimum Gasteiger partial charge on any atom is -0.461 e. The zero-order valence-electron chi connectivity index (χ0n) is 12.2. The van der Waals surface area contributed by atoms with Gasteiger partial charge < -0.3 is 4.74 Å². The minimum atomic E-state index is -4.74. The summed E-state index contributed by atoms with van der Waals surface area (Å²) in [5.41, 5.74) is -2.33. The highest BCUT2D eigenvalue weighted by atomic mass is 32.2. The molecule has 0 amide bonds. The van der Waals surface area contributed by atoms with Crippen molar-refractivity contribution in [1.29, 1.82) is 0 Å². The van der Waals surface area contributed by atoms with E-state index in [0.717, 1.165) is 22.7 Å². The molecule has 0 saturated carbocycles. The summed E-state index contributed by atoms with van der Waals surface area (Å²) in [6, 6.07) is 1.82. The summed E-state index contributed by atoms with van der Waals surface area (Å²) in [4.78, 5) is 15.6. The van der Waals surface area contributed by atoms with Crippen LogP contribution in [0.1, 0.15) is 29.9 Å². The van der Waals surface area contributed by atoms with Crippen LogP contribution in [0.3, 0.4) is 0 Å². The molecule has 0 fully saturated rings. The maximum absolute atomic E-state index is 13.1. The molecule has 0 bridgehead atoms. The molecule has 0 atom stereocenters. The van der Waals surface area contributed by atoms with Crippen molar-refractivity contribution in [2.45, 2.75) is 25.0 Å². The van der Waals surface area contributed by atoms with Gasteiger partial charge in [-0.15, -0.1) is 0 Å². The Balaban J connectivity index is 2.90. The summed E-state index contributed by atoms with van der Waals surface area (Å²) in [7, 11) is -4.02. The number of hydrogen-bond acceptors (Lipinski definition) is 5.